The largest absolute Gasteiger partial charge is 0.351 e. The second-order valence-corrected chi connectivity index (χ2v) is 5.35. The van der Waals surface area contributed by atoms with Gasteiger partial charge in [0.2, 0.25) is 0 Å². The van der Waals surface area contributed by atoms with Crippen LogP contribution in [-0.4, -0.2) is 22.0 Å². The highest BCUT2D eigenvalue weighted by molar-refractivity contribution is 5.94. The minimum atomic E-state index is -0.785. The smallest absolute Gasteiger partial charge is 0.254 e. The van der Waals surface area contributed by atoms with Gasteiger partial charge in [0.25, 0.3) is 5.91 Å². The number of rotatable bonds is 4. The van der Waals surface area contributed by atoms with E-state index in [9.17, 15) is 18.0 Å². The SMILES string of the molecule is Cn1c(CCNC(=O)c2cc(F)ccc2F)nc2ccc(F)cc21. The van der Waals surface area contributed by atoms with Gasteiger partial charge in [0.15, 0.2) is 0 Å². The Labute approximate surface area is 135 Å². The molecule has 0 aliphatic rings. The summed E-state index contributed by atoms with van der Waals surface area (Å²) in [5.41, 5.74) is 0.950. The van der Waals surface area contributed by atoms with Crippen LogP contribution in [-0.2, 0) is 13.5 Å². The molecular formula is C17H14F3N3O. The van der Waals surface area contributed by atoms with Crippen LogP contribution < -0.4 is 5.32 Å². The maximum atomic E-state index is 13.5. The molecule has 124 valence electrons. The van der Waals surface area contributed by atoms with Crippen molar-refractivity contribution in [2.24, 2.45) is 7.05 Å². The second kappa shape index (κ2) is 6.35. The Bertz CT molecular complexity index is 921. The highest BCUT2D eigenvalue weighted by atomic mass is 19.1. The van der Waals surface area contributed by atoms with E-state index in [1.807, 2.05) is 0 Å². The molecule has 0 unspecified atom stereocenters. The molecule has 1 N–H and O–H groups in total. The molecule has 24 heavy (non-hydrogen) atoms. The molecule has 1 heterocycles. The van der Waals surface area contributed by atoms with Gasteiger partial charge in [-0.05, 0) is 36.4 Å². The number of hydrogen-bond donors (Lipinski definition) is 1. The number of hydrogen-bond acceptors (Lipinski definition) is 2. The lowest BCUT2D eigenvalue weighted by Gasteiger charge is -2.06. The predicted octanol–water partition coefficient (Wildman–Crippen LogP) is 2.96. The normalized spacial score (nSPS) is 11.0. The van der Waals surface area contributed by atoms with Crippen molar-refractivity contribution < 1.29 is 18.0 Å². The first-order valence-corrected chi connectivity index (χ1v) is 7.30. The van der Waals surface area contributed by atoms with Gasteiger partial charge in [-0.15, -0.1) is 0 Å². The summed E-state index contributed by atoms with van der Waals surface area (Å²) < 4.78 is 41.6. The third-order valence-electron chi connectivity index (χ3n) is 3.74. The molecule has 3 aromatic rings. The van der Waals surface area contributed by atoms with E-state index in [0.717, 1.165) is 18.2 Å². The van der Waals surface area contributed by atoms with E-state index in [1.54, 1.807) is 17.7 Å². The Kier molecular flexibility index (Phi) is 4.24. The molecule has 4 nitrogen and oxygen atoms in total. The number of carbonyl (C=O) groups excluding carboxylic acids is 1. The van der Waals surface area contributed by atoms with E-state index < -0.39 is 17.5 Å². The summed E-state index contributed by atoms with van der Waals surface area (Å²) in [4.78, 5) is 16.3. The molecule has 0 bridgehead atoms. The van der Waals surface area contributed by atoms with E-state index in [1.165, 1.54) is 12.1 Å². The van der Waals surface area contributed by atoms with Crippen molar-refractivity contribution in [3.63, 3.8) is 0 Å². The predicted molar refractivity (Wildman–Crippen MR) is 83.1 cm³/mol. The monoisotopic (exact) mass is 333 g/mol. The van der Waals surface area contributed by atoms with Crippen LogP contribution >= 0.6 is 0 Å². The average molecular weight is 333 g/mol. The zero-order valence-electron chi connectivity index (χ0n) is 12.8. The Balaban J connectivity index is 1.69. The van der Waals surface area contributed by atoms with Gasteiger partial charge < -0.3 is 9.88 Å². The minimum absolute atomic E-state index is 0.189. The quantitative estimate of drug-likeness (QED) is 0.798. The fourth-order valence-corrected chi connectivity index (χ4v) is 2.49. The molecule has 0 saturated carbocycles. The summed E-state index contributed by atoms with van der Waals surface area (Å²) >= 11 is 0. The van der Waals surface area contributed by atoms with E-state index in [-0.39, 0.29) is 17.9 Å². The number of nitrogens with one attached hydrogen (secondary N) is 1. The Hall–Kier alpha value is -2.83. The van der Waals surface area contributed by atoms with Gasteiger partial charge >= 0.3 is 0 Å². The number of aromatic nitrogens is 2. The van der Waals surface area contributed by atoms with Crippen LogP contribution in [0, 0.1) is 17.5 Å². The van der Waals surface area contributed by atoms with Crippen molar-refractivity contribution in [3.05, 3.63) is 65.2 Å². The summed E-state index contributed by atoms with van der Waals surface area (Å²) in [5.74, 6) is -1.87. The van der Waals surface area contributed by atoms with Gasteiger partial charge in [0.05, 0.1) is 16.6 Å². The minimum Gasteiger partial charge on any atom is -0.351 e. The van der Waals surface area contributed by atoms with Crippen LogP contribution in [0.5, 0.6) is 0 Å². The van der Waals surface area contributed by atoms with Crippen LogP contribution in [0.15, 0.2) is 36.4 Å². The summed E-state index contributed by atoms with van der Waals surface area (Å²) in [5, 5.41) is 2.53. The highest BCUT2D eigenvalue weighted by Gasteiger charge is 2.13. The molecule has 7 heteroatoms. The van der Waals surface area contributed by atoms with Gasteiger partial charge in [-0.25, -0.2) is 18.2 Å². The molecule has 1 aromatic heterocycles. The van der Waals surface area contributed by atoms with Crippen LogP contribution in [0.1, 0.15) is 16.2 Å². The van der Waals surface area contributed by atoms with E-state index in [0.29, 0.717) is 23.3 Å². The third kappa shape index (κ3) is 3.10. The van der Waals surface area contributed by atoms with Crippen LogP contribution in [0.4, 0.5) is 13.2 Å². The first kappa shape index (κ1) is 16.0. The summed E-state index contributed by atoms with van der Waals surface area (Å²) in [7, 11) is 1.75. The van der Waals surface area contributed by atoms with Crippen LogP contribution in [0.3, 0.4) is 0 Å². The maximum Gasteiger partial charge on any atom is 0.254 e. The lowest BCUT2D eigenvalue weighted by Crippen LogP contribution is -2.27. The first-order chi connectivity index (χ1) is 11.5. The molecular weight excluding hydrogens is 319 g/mol. The lowest BCUT2D eigenvalue weighted by atomic mass is 10.2. The molecule has 0 aliphatic carbocycles. The average Bonchev–Trinajstić information content (AvgIpc) is 2.86. The van der Waals surface area contributed by atoms with Crippen molar-refractivity contribution in [2.45, 2.75) is 6.42 Å². The topological polar surface area (TPSA) is 46.9 Å². The molecule has 3 rings (SSSR count). The number of amides is 1. The van der Waals surface area contributed by atoms with Crippen molar-refractivity contribution in [1.29, 1.82) is 0 Å². The fourth-order valence-electron chi connectivity index (χ4n) is 2.49. The Morgan fingerprint density at radius 3 is 2.62 bits per heavy atom. The zero-order chi connectivity index (χ0) is 17.3. The second-order valence-electron chi connectivity index (χ2n) is 5.35. The van der Waals surface area contributed by atoms with Crippen LogP contribution in [0.25, 0.3) is 11.0 Å². The van der Waals surface area contributed by atoms with Crippen molar-refractivity contribution in [1.82, 2.24) is 14.9 Å². The van der Waals surface area contributed by atoms with Crippen LogP contribution in [0.2, 0.25) is 0 Å². The van der Waals surface area contributed by atoms with Gasteiger partial charge in [-0.2, -0.15) is 0 Å². The standard InChI is InChI=1S/C17H14F3N3O/c1-23-15-9-11(19)3-5-14(15)22-16(23)6-7-21-17(24)12-8-10(18)2-4-13(12)20/h2-5,8-9H,6-7H2,1H3,(H,21,24). The van der Waals surface area contributed by atoms with Crippen molar-refractivity contribution in [3.8, 4) is 0 Å². The zero-order valence-corrected chi connectivity index (χ0v) is 12.8. The third-order valence-corrected chi connectivity index (χ3v) is 3.74. The number of imidazole rings is 1. The van der Waals surface area contributed by atoms with E-state index >= 15 is 0 Å². The number of halogens is 3. The number of carbonyl (C=O) groups is 1. The number of benzene rings is 2. The fraction of sp³-hybridized carbons (Fsp3) is 0.176. The van der Waals surface area contributed by atoms with Gasteiger partial charge in [0.1, 0.15) is 23.3 Å². The molecule has 0 fully saturated rings. The van der Waals surface area contributed by atoms with Crippen molar-refractivity contribution in [2.75, 3.05) is 6.54 Å². The van der Waals surface area contributed by atoms with Gasteiger partial charge in [0, 0.05) is 20.0 Å². The van der Waals surface area contributed by atoms with E-state index in [2.05, 4.69) is 10.3 Å². The first-order valence-electron chi connectivity index (χ1n) is 7.30. The molecule has 0 spiro atoms. The lowest BCUT2D eigenvalue weighted by molar-refractivity contribution is 0.0949. The molecule has 2 aromatic carbocycles. The van der Waals surface area contributed by atoms with Gasteiger partial charge in [-0.3, -0.25) is 4.79 Å². The number of nitrogens with zero attached hydrogens (tertiary/aromatic N) is 2. The molecule has 0 atom stereocenters. The number of aryl methyl sites for hydroxylation is 1. The molecule has 0 aliphatic heterocycles. The highest BCUT2D eigenvalue weighted by Crippen LogP contribution is 2.16. The summed E-state index contributed by atoms with van der Waals surface area (Å²) in [6.45, 7) is 0.189. The van der Waals surface area contributed by atoms with Gasteiger partial charge in [-0.1, -0.05) is 0 Å². The summed E-state index contributed by atoms with van der Waals surface area (Å²) in [6, 6.07) is 6.99. The van der Waals surface area contributed by atoms with E-state index in [4.69, 9.17) is 0 Å². The summed E-state index contributed by atoms with van der Waals surface area (Å²) in [6.07, 6.45) is 0.371. The number of fused-ring (bicyclic) bond motifs is 1. The Morgan fingerprint density at radius 1 is 1.12 bits per heavy atom. The molecule has 1 amide bonds. The maximum absolute atomic E-state index is 13.5. The van der Waals surface area contributed by atoms with Crippen molar-refractivity contribution >= 4 is 16.9 Å². The molecule has 0 saturated heterocycles. The Morgan fingerprint density at radius 2 is 1.83 bits per heavy atom. The molecule has 0 radical (unpaired) electrons.